The summed E-state index contributed by atoms with van der Waals surface area (Å²) in [6, 6.07) is 0.794. The smallest absolute Gasteiger partial charge is 0.00915 e. The van der Waals surface area contributed by atoms with Crippen molar-refractivity contribution in [3.8, 4) is 0 Å². The van der Waals surface area contributed by atoms with Crippen LogP contribution in [-0.2, 0) is 0 Å². The Bertz CT molecular complexity index is 236. The first kappa shape index (κ1) is 15.3. The van der Waals surface area contributed by atoms with Crippen LogP contribution in [0.4, 0.5) is 0 Å². The van der Waals surface area contributed by atoms with Gasteiger partial charge in [-0.05, 0) is 63.1 Å². The Hall–Kier alpha value is -0.0800. The molecule has 1 N–H and O–H groups in total. The molecule has 19 heavy (non-hydrogen) atoms. The van der Waals surface area contributed by atoms with E-state index in [-0.39, 0.29) is 0 Å². The maximum absolute atomic E-state index is 3.85. The molecule has 0 amide bonds. The number of hydrogen-bond acceptors (Lipinski definition) is 2. The third-order valence-electron chi connectivity index (χ3n) is 5.04. The van der Waals surface area contributed by atoms with Crippen molar-refractivity contribution in [3.05, 3.63) is 0 Å². The maximum Gasteiger partial charge on any atom is 0.00915 e. The Morgan fingerprint density at radius 2 is 1.63 bits per heavy atom. The Morgan fingerprint density at radius 1 is 1.00 bits per heavy atom. The second kappa shape index (κ2) is 7.64. The van der Waals surface area contributed by atoms with Crippen LogP contribution in [0.15, 0.2) is 0 Å². The van der Waals surface area contributed by atoms with Crippen LogP contribution >= 0.6 is 0 Å². The second-order valence-corrected chi connectivity index (χ2v) is 7.50. The molecule has 1 aliphatic heterocycles. The van der Waals surface area contributed by atoms with Gasteiger partial charge in [0.15, 0.2) is 0 Å². The highest BCUT2D eigenvalue weighted by molar-refractivity contribution is 4.80. The first-order valence-electron chi connectivity index (χ1n) is 8.59. The largest absolute Gasteiger partial charge is 0.314 e. The van der Waals surface area contributed by atoms with E-state index in [0.29, 0.717) is 0 Å². The topological polar surface area (TPSA) is 15.3 Å². The highest BCUT2D eigenvalue weighted by Crippen LogP contribution is 2.28. The fourth-order valence-electron chi connectivity index (χ4n) is 3.70. The van der Waals surface area contributed by atoms with Crippen molar-refractivity contribution >= 4 is 0 Å². The van der Waals surface area contributed by atoms with Crippen molar-refractivity contribution in [3.63, 3.8) is 0 Å². The molecule has 0 aromatic rings. The van der Waals surface area contributed by atoms with Crippen molar-refractivity contribution in [2.24, 2.45) is 17.8 Å². The van der Waals surface area contributed by atoms with Gasteiger partial charge >= 0.3 is 0 Å². The number of likely N-dealkylation sites (tertiary alicyclic amines) is 1. The second-order valence-electron chi connectivity index (χ2n) is 7.50. The molecule has 2 aliphatic rings. The van der Waals surface area contributed by atoms with E-state index in [1.165, 1.54) is 64.7 Å². The standard InChI is InChI=1S/C17H34N2/c1-14(2)13-19-10-8-17(9-11-19)18-12-16-6-4-15(3)5-7-16/h14-18H,4-13H2,1-3H3. The van der Waals surface area contributed by atoms with E-state index in [0.717, 1.165) is 23.8 Å². The lowest BCUT2D eigenvalue weighted by molar-refractivity contribution is 0.173. The summed E-state index contributed by atoms with van der Waals surface area (Å²) in [5.41, 5.74) is 0. The molecule has 0 unspecified atom stereocenters. The van der Waals surface area contributed by atoms with Gasteiger partial charge in [-0.15, -0.1) is 0 Å². The first-order valence-corrected chi connectivity index (χ1v) is 8.59. The van der Waals surface area contributed by atoms with Crippen LogP contribution in [0.2, 0.25) is 0 Å². The van der Waals surface area contributed by atoms with Gasteiger partial charge in [0.2, 0.25) is 0 Å². The lowest BCUT2D eigenvalue weighted by Gasteiger charge is -2.35. The van der Waals surface area contributed by atoms with Gasteiger partial charge in [-0.25, -0.2) is 0 Å². The molecule has 1 saturated heterocycles. The van der Waals surface area contributed by atoms with Gasteiger partial charge in [0.1, 0.15) is 0 Å². The summed E-state index contributed by atoms with van der Waals surface area (Å²) >= 11 is 0. The van der Waals surface area contributed by atoms with E-state index >= 15 is 0 Å². The number of hydrogen-bond donors (Lipinski definition) is 1. The minimum absolute atomic E-state index is 0.794. The molecule has 0 aromatic carbocycles. The molecule has 112 valence electrons. The normalized spacial score (nSPS) is 30.9. The number of rotatable bonds is 5. The van der Waals surface area contributed by atoms with Crippen LogP contribution in [0.1, 0.15) is 59.3 Å². The quantitative estimate of drug-likeness (QED) is 0.819. The van der Waals surface area contributed by atoms with E-state index in [1.807, 2.05) is 0 Å². The van der Waals surface area contributed by atoms with Crippen LogP contribution in [0, 0.1) is 17.8 Å². The summed E-state index contributed by atoms with van der Waals surface area (Å²) in [6.07, 6.45) is 8.55. The molecule has 2 rings (SSSR count). The van der Waals surface area contributed by atoms with Crippen LogP contribution in [-0.4, -0.2) is 37.1 Å². The third kappa shape index (κ3) is 5.43. The average Bonchev–Trinajstić information content (AvgIpc) is 2.39. The van der Waals surface area contributed by atoms with Gasteiger partial charge in [-0.1, -0.05) is 33.6 Å². The van der Waals surface area contributed by atoms with Crippen LogP contribution < -0.4 is 5.32 Å². The van der Waals surface area contributed by atoms with Gasteiger partial charge in [0, 0.05) is 12.6 Å². The highest BCUT2D eigenvalue weighted by Gasteiger charge is 2.22. The lowest BCUT2D eigenvalue weighted by Crippen LogP contribution is -2.45. The third-order valence-corrected chi connectivity index (χ3v) is 5.04. The Balaban J connectivity index is 1.58. The molecule has 0 radical (unpaired) electrons. The first-order chi connectivity index (χ1) is 9.13. The SMILES string of the molecule is CC(C)CN1CCC(NCC2CCC(C)CC2)CC1. The summed E-state index contributed by atoms with van der Waals surface area (Å²) in [5, 5.41) is 3.85. The van der Waals surface area contributed by atoms with Crippen molar-refractivity contribution in [2.45, 2.75) is 65.3 Å². The molecular weight excluding hydrogens is 232 g/mol. The van der Waals surface area contributed by atoms with Crippen molar-refractivity contribution in [1.29, 1.82) is 0 Å². The Kier molecular flexibility index (Phi) is 6.15. The van der Waals surface area contributed by atoms with Crippen molar-refractivity contribution in [2.75, 3.05) is 26.2 Å². The molecular formula is C17H34N2. The zero-order chi connectivity index (χ0) is 13.7. The van der Waals surface area contributed by atoms with E-state index in [9.17, 15) is 0 Å². The summed E-state index contributed by atoms with van der Waals surface area (Å²) in [6.45, 7) is 12.2. The van der Waals surface area contributed by atoms with E-state index < -0.39 is 0 Å². The fourth-order valence-corrected chi connectivity index (χ4v) is 3.70. The molecule has 1 heterocycles. The summed E-state index contributed by atoms with van der Waals surface area (Å²) < 4.78 is 0. The zero-order valence-electron chi connectivity index (χ0n) is 13.3. The van der Waals surface area contributed by atoms with Crippen molar-refractivity contribution < 1.29 is 0 Å². The van der Waals surface area contributed by atoms with Crippen LogP contribution in [0.25, 0.3) is 0 Å². The predicted octanol–water partition coefficient (Wildman–Crippen LogP) is 3.52. The van der Waals surface area contributed by atoms with Gasteiger partial charge in [-0.2, -0.15) is 0 Å². The van der Waals surface area contributed by atoms with Gasteiger partial charge in [0.05, 0.1) is 0 Å². The summed E-state index contributed by atoms with van der Waals surface area (Å²) in [5.74, 6) is 2.76. The monoisotopic (exact) mass is 266 g/mol. The van der Waals surface area contributed by atoms with Crippen LogP contribution in [0.3, 0.4) is 0 Å². The minimum Gasteiger partial charge on any atom is -0.314 e. The van der Waals surface area contributed by atoms with Gasteiger partial charge in [-0.3, -0.25) is 0 Å². The molecule has 0 bridgehead atoms. The molecule has 2 nitrogen and oxygen atoms in total. The summed E-state index contributed by atoms with van der Waals surface area (Å²) in [4.78, 5) is 2.64. The molecule has 2 fully saturated rings. The molecule has 1 aliphatic carbocycles. The minimum atomic E-state index is 0.794. The average molecular weight is 266 g/mol. The Morgan fingerprint density at radius 3 is 2.21 bits per heavy atom. The molecule has 0 aromatic heterocycles. The number of nitrogens with one attached hydrogen (secondary N) is 1. The number of piperidine rings is 1. The van der Waals surface area contributed by atoms with E-state index in [2.05, 4.69) is 31.0 Å². The highest BCUT2D eigenvalue weighted by atomic mass is 15.1. The fraction of sp³-hybridized carbons (Fsp3) is 1.00. The number of nitrogens with zero attached hydrogens (tertiary/aromatic N) is 1. The molecule has 2 heteroatoms. The van der Waals surface area contributed by atoms with Crippen molar-refractivity contribution in [1.82, 2.24) is 10.2 Å². The van der Waals surface area contributed by atoms with E-state index in [4.69, 9.17) is 0 Å². The zero-order valence-corrected chi connectivity index (χ0v) is 13.3. The predicted molar refractivity (Wildman–Crippen MR) is 83.4 cm³/mol. The maximum atomic E-state index is 3.85. The molecule has 0 atom stereocenters. The molecule has 0 spiro atoms. The van der Waals surface area contributed by atoms with Crippen LogP contribution in [0.5, 0.6) is 0 Å². The lowest BCUT2D eigenvalue weighted by atomic mass is 9.83. The summed E-state index contributed by atoms with van der Waals surface area (Å²) in [7, 11) is 0. The molecule has 1 saturated carbocycles. The van der Waals surface area contributed by atoms with E-state index in [1.54, 1.807) is 0 Å². The van der Waals surface area contributed by atoms with Gasteiger partial charge in [0.25, 0.3) is 0 Å². The Labute approximate surface area is 120 Å². The van der Waals surface area contributed by atoms with Gasteiger partial charge < -0.3 is 10.2 Å².